The molecule has 0 heterocycles. The molecule has 1 aliphatic carbocycles. The van der Waals surface area contributed by atoms with E-state index in [9.17, 15) is 8.78 Å². The molecule has 0 radical (unpaired) electrons. The van der Waals surface area contributed by atoms with Crippen molar-refractivity contribution in [1.82, 2.24) is 5.32 Å². The van der Waals surface area contributed by atoms with Crippen LogP contribution in [-0.4, -0.2) is 24.1 Å². The van der Waals surface area contributed by atoms with Crippen LogP contribution < -0.4 is 5.32 Å². The highest BCUT2D eigenvalue weighted by Crippen LogP contribution is 2.30. The Bertz CT molecular complexity index is 405. The molecule has 0 aliphatic heterocycles. The second-order valence-corrected chi connectivity index (χ2v) is 6.50. The molecule has 19 heavy (non-hydrogen) atoms. The Labute approximate surface area is 118 Å². The number of rotatable bonds is 6. The van der Waals surface area contributed by atoms with E-state index in [0.717, 1.165) is 17.1 Å². The topological polar surface area (TPSA) is 12.0 Å². The van der Waals surface area contributed by atoms with Gasteiger partial charge in [0.05, 0.1) is 0 Å². The predicted molar refractivity (Wildman–Crippen MR) is 77.6 cm³/mol. The van der Waals surface area contributed by atoms with Gasteiger partial charge in [0.2, 0.25) is 0 Å². The lowest BCUT2D eigenvalue weighted by molar-refractivity contribution is 0.549. The van der Waals surface area contributed by atoms with Crippen molar-refractivity contribution in [3.63, 3.8) is 0 Å². The third-order valence-electron chi connectivity index (χ3n) is 3.72. The molecule has 0 amide bonds. The fourth-order valence-electron chi connectivity index (χ4n) is 2.50. The first-order chi connectivity index (χ1) is 9.19. The van der Waals surface area contributed by atoms with Gasteiger partial charge in [-0.15, -0.1) is 0 Å². The van der Waals surface area contributed by atoms with Gasteiger partial charge in [-0.05, 0) is 37.9 Å². The number of likely N-dealkylation sites (N-methyl/N-ethyl adjacent to an activating group) is 1. The number of hydrogen-bond donors (Lipinski definition) is 1. The van der Waals surface area contributed by atoms with E-state index in [2.05, 4.69) is 5.32 Å². The minimum atomic E-state index is -0.511. The maximum absolute atomic E-state index is 13.6. The van der Waals surface area contributed by atoms with Crippen LogP contribution in [0.1, 0.15) is 31.2 Å². The van der Waals surface area contributed by atoms with Gasteiger partial charge in [0, 0.05) is 23.1 Å². The lowest BCUT2D eigenvalue weighted by atomic mass is 10.1. The molecule has 0 saturated heterocycles. The van der Waals surface area contributed by atoms with Crippen LogP contribution in [0.4, 0.5) is 8.78 Å². The van der Waals surface area contributed by atoms with Gasteiger partial charge in [-0.3, -0.25) is 0 Å². The highest BCUT2D eigenvalue weighted by molar-refractivity contribution is 7.99. The summed E-state index contributed by atoms with van der Waals surface area (Å²) in [5.74, 6) is 0.0338. The van der Waals surface area contributed by atoms with Gasteiger partial charge in [-0.2, -0.15) is 11.8 Å². The number of halogens is 2. The second-order valence-electron chi connectivity index (χ2n) is 5.17. The summed E-state index contributed by atoms with van der Waals surface area (Å²) in [6.07, 6.45) is 5.92. The third kappa shape index (κ3) is 4.46. The quantitative estimate of drug-likeness (QED) is 0.854. The van der Waals surface area contributed by atoms with Gasteiger partial charge in [-0.25, -0.2) is 8.78 Å². The third-order valence-corrected chi connectivity index (χ3v) is 5.26. The van der Waals surface area contributed by atoms with Gasteiger partial charge in [-0.1, -0.05) is 18.9 Å². The maximum atomic E-state index is 13.6. The standard InChI is InChI=1S/C15H21F2NS/c1-18-13(10-19-14-4-2-3-5-14)8-11-6-7-12(16)9-15(11)17/h6-7,9,13-14,18H,2-5,8,10H2,1H3. The van der Waals surface area contributed by atoms with Gasteiger partial charge in [0.1, 0.15) is 11.6 Å². The van der Waals surface area contributed by atoms with E-state index >= 15 is 0 Å². The number of nitrogens with one attached hydrogen (secondary N) is 1. The van der Waals surface area contributed by atoms with E-state index in [0.29, 0.717) is 12.0 Å². The molecule has 1 aromatic rings. The van der Waals surface area contributed by atoms with Crippen LogP contribution in [0, 0.1) is 11.6 Å². The average Bonchev–Trinajstić information content (AvgIpc) is 2.90. The fraction of sp³-hybridized carbons (Fsp3) is 0.600. The molecule has 106 valence electrons. The Morgan fingerprint density at radius 1 is 1.32 bits per heavy atom. The summed E-state index contributed by atoms with van der Waals surface area (Å²) >= 11 is 1.99. The number of hydrogen-bond acceptors (Lipinski definition) is 2. The molecule has 1 nitrogen and oxygen atoms in total. The smallest absolute Gasteiger partial charge is 0.129 e. The molecule has 1 atom stereocenters. The molecule has 2 rings (SSSR count). The van der Waals surface area contributed by atoms with E-state index in [1.807, 2.05) is 18.8 Å². The average molecular weight is 285 g/mol. The first kappa shape index (κ1) is 14.8. The van der Waals surface area contributed by atoms with Crippen molar-refractivity contribution in [2.75, 3.05) is 12.8 Å². The summed E-state index contributed by atoms with van der Waals surface area (Å²) in [5, 5.41) is 4.01. The zero-order valence-electron chi connectivity index (χ0n) is 11.3. The first-order valence-corrected chi connectivity index (χ1v) is 7.96. The maximum Gasteiger partial charge on any atom is 0.129 e. The summed E-state index contributed by atoms with van der Waals surface area (Å²) in [7, 11) is 1.90. The zero-order chi connectivity index (χ0) is 13.7. The van der Waals surface area contributed by atoms with Crippen molar-refractivity contribution in [3.8, 4) is 0 Å². The Hall–Kier alpha value is -0.610. The molecule has 1 aromatic carbocycles. The molecule has 1 saturated carbocycles. The van der Waals surface area contributed by atoms with Crippen LogP contribution >= 0.6 is 11.8 Å². The van der Waals surface area contributed by atoms with Gasteiger partial charge < -0.3 is 5.32 Å². The summed E-state index contributed by atoms with van der Waals surface area (Å²) < 4.78 is 26.5. The summed E-state index contributed by atoms with van der Waals surface area (Å²) in [4.78, 5) is 0. The van der Waals surface area contributed by atoms with Gasteiger partial charge >= 0.3 is 0 Å². The molecule has 0 aromatic heterocycles. The predicted octanol–water partition coefficient (Wildman–Crippen LogP) is 3.77. The van der Waals surface area contributed by atoms with Crippen LogP contribution in [0.2, 0.25) is 0 Å². The van der Waals surface area contributed by atoms with Crippen molar-refractivity contribution >= 4 is 11.8 Å². The fourth-order valence-corrected chi connectivity index (χ4v) is 3.96. The van der Waals surface area contributed by atoms with Crippen molar-refractivity contribution in [3.05, 3.63) is 35.4 Å². The van der Waals surface area contributed by atoms with E-state index in [-0.39, 0.29) is 6.04 Å². The van der Waals surface area contributed by atoms with Gasteiger partial charge in [0.15, 0.2) is 0 Å². The van der Waals surface area contributed by atoms with Crippen LogP contribution in [0.15, 0.2) is 18.2 Å². The molecule has 1 fully saturated rings. The Balaban J connectivity index is 1.86. The molecule has 0 bridgehead atoms. The lowest BCUT2D eigenvalue weighted by Crippen LogP contribution is -2.31. The monoisotopic (exact) mass is 285 g/mol. The Kier molecular flexibility index (Phi) is 5.64. The van der Waals surface area contributed by atoms with Crippen molar-refractivity contribution in [2.24, 2.45) is 0 Å². The highest BCUT2D eigenvalue weighted by atomic mass is 32.2. The molecular weight excluding hydrogens is 264 g/mol. The van der Waals surface area contributed by atoms with Crippen molar-refractivity contribution < 1.29 is 8.78 Å². The summed E-state index contributed by atoms with van der Waals surface area (Å²) in [5.41, 5.74) is 0.591. The zero-order valence-corrected chi connectivity index (χ0v) is 12.1. The summed E-state index contributed by atoms with van der Waals surface area (Å²) in [6, 6.07) is 4.09. The van der Waals surface area contributed by atoms with Crippen LogP contribution in [-0.2, 0) is 6.42 Å². The largest absolute Gasteiger partial charge is 0.316 e. The van der Waals surface area contributed by atoms with Gasteiger partial charge in [0.25, 0.3) is 0 Å². The van der Waals surface area contributed by atoms with E-state index in [1.165, 1.54) is 31.7 Å². The van der Waals surface area contributed by atoms with E-state index in [4.69, 9.17) is 0 Å². The molecule has 4 heteroatoms. The van der Waals surface area contributed by atoms with E-state index in [1.54, 1.807) is 6.07 Å². The van der Waals surface area contributed by atoms with E-state index < -0.39 is 11.6 Å². The van der Waals surface area contributed by atoms with Crippen molar-refractivity contribution in [1.29, 1.82) is 0 Å². The highest BCUT2D eigenvalue weighted by Gasteiger charge is 2.18. The molecule has 0 spiro atoms. The Morgan fingerprint density at radius 3 is 2.68 bits per heavy atom. The number of benzene rings is 1. The normalized spacial score (nSPS) is 17.8. The molecular formula is C15H21F2NS. The SMILES string of the molecule is CNC(CSC1CCCC1)Cc1ccc(F)cc1F. The van der Waals surface area contributed by atoms with Crippen LogP contribution in [0.25, 0.3) is 0 Å². The minimum Gasteiger partial charge on any atom is -0.316 e. The van der Waals surface area contributed by atoms with Crippen LogP contribution in [0.3, 0.4) is 0 Å². The molecule has 1 aliphatic rings. The molecule has 1 N–H and O–H groups in total. The minimum absolute atomic E-state index is 0.241. The summed E-state index contributed by atoms with van der Waals surface area (Å²) in [6.45, 7) is 0. The first-order valence-electron chi connectivity index (χ1n) is 6.92. The second kappa shape index (κ2) is 7.25. The number of thioether (sulfide) groups is 1. The molecule has 1 unspecified atom stereocenters. The van der Waals surface area contributed by atoms with Crippen molar-refractivity contribution in [2.45, 2.75) is 43.4 Å². The lowest BCUT2D eigenvalue weighted by Gasteiger charge is -2.18. The Morgan fingerprint density at radius 2 is 2.05 bits per heavy atom. The van der Waals surface area contributed by atoms with Crippen LogP contribution in [0.5, 0.6) is 0 Å².